The zero-order valence-corrected chi connectivity index (χ0v) is 10.0. The van der Waals surface area contributed by atoms with Crippen LogP contribution in [-0.2, 0) is 36.6 Å². The first-order chi connectivity index (χ1) is 2.00. The first-order valence-corrected chi connectivity index (χ1v) is 2.10. The number of hydrogen-bond acceptors (Lipinski definition) is 2. The Morgan fingerprint density at radius 3 is 1.29 bits per heavy atom. The number of hydrogen-bond donors (Lipinski definition) is 2. The van der Waals surface area contributed by atoms with Crippen LogP contribution in [0.25, 0.3) is 0 Å². The van der Waals surface area contributed by atoms with Crippen LogP contribution < -0.4 is 51.4 Å². The largest absolute Gasteiger partial charge is 1.00 e. The van der Waals surface area contributed by atoms with Gasteiger partial charge in [-0.2, -0.15) is 8.42 Å². The van der Waals surface area contributed by atoms with Crippen molar-refractivity contribution >= 4 is 10.4 Å². The maximum absolute atomic E-state index is 8.74. The van der Waals surface area contributed by atoms with Gasteiger partial charge in [0, 0.05) is 26.2 Å². The third kappa shape index (κ3) is 60.0. The molecule has 0 atom stereocenters. The van der Waals surface area contributed by atoms with Crippen LogP contribution >= 0.6 is 0 Å². The molecule has 0 bridgehead atoms. The minimum Gasteiger partial charge on any atom is -1.00 e. The van der Waals surface area contributed by atoms with Crippen molar-refractivity contribution in [3.05, 3.63) is 0 Å². The molecule has 0 fully saturated rings. The van der Waals surface area contributed by atoms with E-state index in [1.807, 2.05) is 0 Å². The van der Waals surface area contributed by atoms with Crippen LogP contribution in [-0.4, -0.2) is 17.5 Å². The molecule has 0 aromatic rings. The van der Waals surface area contributed by atoms with Crippen molar-refractivity contribution in [3.8, 4) is 0 Å². The van der Waals surface area contributed by atoms with Crippen LogP contribution in [0.1, 0.15) is 1.43 Å². The average Bonchev–Trinajstić information content (AvgIpc) is 0.722. The van der Waals surface area contributed by atoms with Gasteiger partial charge in [-0.25, -0.2) is 0 Å². The molecule has 0 aliphatic heterocycles. The van der Waals surface area contributed by atoms with Crippen LogP contribution in [0.15, 0.2) is 0 Å². The summed E-state index contributed by atoms with van der Waals surface area (Å²) in [7, 11) is -4.67. The summed E-state index contributed by atoms with van der Waals surface area (Å²) in [6.07, 6.45) is 0. The standard InChI is InChI=1S/K.H2O4S.Zr.H/c;1-5(2,3)4;;/h;(H2,1,2,3,4);;/q+1;;;-1. The second-order valence-corrected chi connectivity index (χ2v) is 1.34. The molecule has 7 heavy (non-hydrogen) atoms. The average molecular weight is 229 g/mol. The van der Waals surface area contributed by atoms with Gasteiger partial charge in [0.15, 0.2) is 0 Å². The minimum atomic E-state index is -4.67. The van der Waals surface area contributed by atoms with Crippen LogP contribution in [0.5, 0.6) is 0 Å². The van der Waals surface area contributed by atoms with Crippen molar-refractivity contribution in [2.75, 3.05) is 0 Å². The molecular weight excluding hydrogens is 226 g/mol. The zero-order chi connectivity index (χ0) is 4.50. The van der Waals surface area contributed by atoms with E-state index in [0.717, 1.165) is 0 Å². The Hall–Kier alpha value is 2.39. The summed E-state index contributed by atoms with van der Waals surface area (Å²) in [5, 5.41) is 0. The van der Waals surface area contributed by atoms with Crippen molar-refractivity contribution in [1.29, 1.82) is 0 Å². The molecule has 0 unspecified atom stereocenters. The van der Waals surface area contributed by atoms with E-state index in [9.17, 15) is 0 Å². The molecule has 0 aliphatic rings. The maximum Gasteiger partial charge on any atom is 1.00 e. The molecule has 4 nitrogen and oxygen atoms in total. The van der Waals surface area contributed by atoms with E-state index in [1.54, 1.807) is 0 Å². The van der Waals surface area contributed by atoms with Crippen molar-refractivity contribution < 1.29 is 96.5 Å². The fourth-order valence-corrected chi connectivity index (χ4v) is 0. The van der Waals surface area contributed by atoms with E-state index < -0.39 is 10.4 Å². The second kappa shape index (κ2) is 6.51. The Labute approximate surface area is 105 Å². The molecule has 7 heteroatoms. The summed E-state index contributed by atoms with van der Waals surface area (Å²) in [4.78, 5) is 0. The normalized spacial score (nSPS) is 8.29. The molecule has 38 valence electrons. The monoisotopic (exact) mass is 228 g/mol. The van der Waals surface area contributed by atoms with Gasteiger partial charge in [-0.3, -0.25) is 9.11 Å². The van der Waals surface area contributed by atoms with Gasteiger partial charge in [0.1, 0.15) is 0 Å². The molecule has 0 radical (unpaired) electrons. The molecular formula is H3KO4SZr. The second-order valence-electron chi connectivity index (χ2n) is 0.448. The molecule has 0 spiro atoms. The fourth-order valence-electron chi connectivity index (χ4n) is 0. The molecule has 0 amide bonds. The quantitative estimate of drug-likeness (QED) is 0.333. The molecule has 0 saturated carbocycles. The van der Waals surface area contributed by atoms with Crippen molar-refractivity contribution in [2.24, 2.45) is 0 Å². The van der Waals surface area contributed by atoms with Gasteiger partial charge in [-0.15, -0.1) is 0 Å². The summed E-state index contributed by atoms with van der Waals surface area (Å²) in [5.41, 5.74) is 0. The smallest absolute Gasteiger partial charge is 1.00 e. The van der Waals surface area contributed by atoms with Gasteiger partial charge in [-0.1, -0.05) is 0 Å². The molecule has 0 aromatic heterocycles. The Bertz CT molecular complexity index is 99.2. The summed E-state index contributed by atoms with van der Waals surface area (Å²) >= 11 is 0. The summed E-state index contributed by atoms with van der Waals surface area (Å²) < 4.78 is 31.6. The SMILES string of the molecule is O=S(=O)(O)O.[H-].[K+].[Zr]. The summed E-state index contributed by atoms with van der Waals surface area (Å²) in [5.74, 6) is 0. The van der Waals surface area contributed by atoms with Crippen LogP contribution in [0, 0.1) is 0 Å². The van der Waals surface area contributed by atoms with Crippen molar-refractivity contribution in [3.63, 3.8) is 0 Å². The van der Waals surface area contributed by atoms with E-state index in [4.69, 9.17) is 17.5 Å². The first-order valence-electron chi connectivity index (χ1n) is 0.698. The van der Waals surface area contributed by atoms with E-state index >= 15 is 0 Å². The Kier molecular flexibility index (Phi) is 15.1. The molecule has 0 aromatic carbocycles. The Balaban J connectivity index is -0.0000000267. The van der Waals surface area contributed by atoms with E-state index in [0.29, 0.717) is 0 Å². The summed E-state index contributed by atoms with van der Waals surface area (Å²) in [6.45, 7) is 0. The predicted molar refractivity (Wildman–Crippen MR) is 15.3 cm³/mol. The van der Waals surface area contributed by atoms with Gasteiger partial charge in [0.2, 0.25) is 0 Å². The van der Waals surface area contributed by atoms with Gasteiger partial charge in [0.25, 0.3) is 0 Å². The maximum atomic E-state index is 8.74. The third-order valence-electron chi connectivity index (χ3n) is 0. The molecule has 0 aliphatic carbocycles. The molecule has 0 heterocycles. The van der Waals surface area contributed by atoms with E-state index in [2.05, 4.69) is 0 Å². The topological polar surface area (TPSA) is 74.6 Å². The van der Waals surface area contributed by atoms with Crippen LogP contribution in [0.4, 0.5) is 0 Å². The van der Waals surface area contributed by atoms with Gasteiger partial charge in [0.05, 0.1) is 0 Å². The van der Waals surface area contributed by atoms with Gasteiger partial charge in [-0.05, 0) is 0 Å². The van der Waals surface area contributed by atoms with Crippen molar-refractivity contribution in [1.82, 2.24) is 0 Å². The summed E-state index contributed by atoms with van der Waals surface area (Å²) in [6, 6.07) is 0. The van der Waals surface area contributed by atoms with Gasteiger partial charge < -0.3 is 1.43 Å². The molecule has 0 rings (SSSR count). The third-order valence-corrected chi connectivity index (χ3v) is 0. The molecule has 2 N–H and O–H groups in total. The van der Waals surface area contributed by atoms with E-state index in [1.165, 1.54) is 0 Å². The van der Waals surface area contributed by atoms with Crippen LogP contribution in [0.3, 0.4) is 0 Å². The number of rotatable bonds is 0. The van der Waals surface area contributed by atoms with Gasteiger partial charge >= 0.3 is 61.8 Å². The first kappa shape index (κ1) is 16.2. The molecule has 0 saturated heterocycles. The minimum absolute atomic E-state index is 0. The van der Waals surface area contributed by atoms with Crippen molar-refractivity contribution in [2.45, 2.75) is 0 Å². The Morgan fingerprint density at radius 1 is 1.29 bits per heavy atom. The van der Waals surface area contributed by atoms with E-state index in [-0.39, 0.29) is 79.0 Å². The fraction of sp³-hybridized carbons (Fsp3) is 0. The van der Waals surface area contributed by atoms with Crippen LogP contribution in [0.2, 0.25) is 0 Å². The zero-order valence-electron chi connectivity index (χ0n) is 4.62. The predicted octanol–water partition coefficient (Wildman–Crippen LogP) is -3.54. The Morgan fingerprint density at radius 2 is 1.29 bits per heavy atom.